The fraction of sp³-hybridized carbons (Fsp3) is 0.429. The first-order valence-corrected chi connectivity index (χ1v) is 6.35. The standard InChI is InChI=1S/C14H20N2O4/c1-9-5-6-10(14(18)19)8-12(9)16-13(17)11(15)4-3-7-20-2/h5-6,8,11H,3-4,7,15H2,1-2H3,(H,16,17)(H,18,19). The molecule has 0 radical (unpaired) electrons. The van der Waals surface area contributed by atoms with Crippen LogP contribution in [0.3, 0.4) is 0 Å². The molecule has 0 aliphatic carbocycles. The predicted octanol–water partition coefficient (Wildman–Crippen LogP) is 1.39. The fourth-order valence-corrected chi connectivity index (χ4v) is 1.69. The Morgan fingerprint density at radius 1 is 1.45 bits per heavy atom. The fourth-order valence-electron chi connectivity index (χ4n) is 1.69. The molecular weight excluding hydrogens is 260 g/mol. The lowest BCUT2D eigenvalue weighted by molar-refractivity contribution is -0.117. The Bertz CT molecular complexity index is 488. The van der Waals surface area contributed by atoms with Gasteiger partial charge in [-0.2, -0.15) is 0 Å². The van der Waals surface area contributed by atoms with Gasteiger partial charge in [-0.3, -0.25) is 4.79 Å². The minimum atomic E-state index is -1.04. The van der Waals surface area contributed by atoms with Gasteiger partial charge in [-0.05, 0) is 37.5 Å². The SMILES string of the molecule is COCCCC(N)C(=O)Nc1cc(C(=O)O)ccc1C. The van der Waals surface area contributed by atoms with E-state index in [4.69, 9.17) is 15.6 Å². The number of hydrogen-bond acceptors (Lipinski definition) is 4. The molecule has 4 N–H and O–H groups in total. The van der Waals surface area contributed by atoms with E-state index in [1.54, 1.807) is 20.1 Å². The molecule has 0 heterocycles. The van der Waals surface area contributed by atoms with Gasteiger partial charge in [0, 0.05) is 19.4 Å². The van der Waals surface area contributed by atoms with Crippen molar-refractivity contribution < 1.29 is 19.4 Å². The smallest absolute Gasteiger partial charge is 0.335 e. The van der Waals surface area contributed by atoms with Crippen LogP contribution in [0.4, 0.5) is 5.69 Å². The maximum atomic E-state index is 11.9. The summed E-state index contributed by atoms with van der Waals surface area (Å²) >= 11 is 0. The Labute approximate surface area is 117 Å². The van der Waals surface area contributed by atoms with Crippen LogP contribution in [0.25, 0.3) is 0 Å². The van der Waals surface area contributed by atoms with Gasteiger partial charge in [0.25, 0.3) is 0 Å². The first-order chi connectivity index (χ1) is 9.45. The van der Waals surface area contributed by atoms with Crippen molar-refractivity contribution in [2.45, 2.75) is 25.8 Å². The molecule has 1 unspecified atom stereocenters. The highest BCUT2D eigenvalue weighted by Crippen LogP contribution is 2.17. The number of aryl methyl sites for hydroxylation is 1. The van der Waals surface area contributed by atoms with E-state index >= 15 is 0 Å². The zero-order chi connectivity index (χ0) is 15.1. The molecule has 1 atom stereocenters. The summed E-state index contributed by atoms with van der Waals surface area (Å²) in [4.78, 5) is 22.8. The van der Waals surface area contributed by atoms with E-state index in [0.717, 1.165) is 5.56 Å². The average Bonchev–Trinajstić information content (AvgIpc) is 2.41. The van der Waals surface area contributed by atoms with Gasteiger partial charge in [-0.25, -0.2) is 4.79 Å². The van der Waals surface area contributed by atoms with Crippen molar-refractivity contribution in [3.05, 3.63) is 29.3 Å². The Balaban J connectivity index is 2.69. The number of nitrogens with one attached hydrogen (secondary N) is 1. The van der Waals surface area contributed by atoms with Gasteiger partial charge in [0.2, 0.25) is 5.91 Å². The largest absolute Gasteiger partial charge is 0.478 e. The van der Waals surface area contributed by atoms with E-state index in [1.807, 2.05) is 0 Å². The number of methoxy groups -OCH3 is 1. The van der Waals surface area contributed by atoms with Crippen molar-refractivity contribution in [2.75, 3.05) is 19.0 Å². The van der Waals surface area contributed by atoms with E-state index in [9.17, 15) is 9.59 Å². The third-order valence-electron chi connectivity index (χ3n) is 2.94. The number of amides is 1. The number of ether oxygens (including phenoxy) is 1. The summed E-state index contributed by atoms with van der Waals surface area (Å²) in [7, 11) is 1.59. The van der Waals surface area contributed by atoms with Crippen molar-refractivity contribution in [2.24, 2.45) is 5.73 Å². The molecule has 0 saturated carbocycles. The summed E-state index contributed by atoms with van der Waals surface area (Å²) < 4.78 is 4.90. The lowest BCUT2D eigenvalue weighted by Gasteiger charge is -2.14. The number of aromatic carboxylic acids is 1. The number of benzene rings is 1. The molecule has 1 aromatic rings. The second-order valence-electron chi connectivity index (χ2n) is 4.57. The zero-order valence-corrected chi connectivity index (χ0v) is 11.7. The number of anilines is 1. The summed E-state index contributed by atoms with van der Waals surface area (Å²) in [6.07, 6.45) is 1.20. The molecule has 6 heteroatoms. The van der Waals surface area contributed by atoms with Crippen LogP contribution in [-0.4, -0.2) is 36.7 Å². The highest BCUT2D eigenvalue weighted by molar-refractivity contribution is 5.97. The van der Waals surface area contributed by atoms with Crippen molar-refractivity contribution >= 4 is 17.6 Å². The van der Waals surface area contributed by atoms with Gasteiger partial charge < -0.3 is 20.9 Å². The number of carbonyl (C=O) groups excluding carboxylic acids is 1. The Kier molecular flexibility index (Phi) is 6.14. The number of carboxylic acid groups (broad SMARTS) is 1. The molecule has 0 aromatic heterocycles. The first-order valence-electron chi connectivity index (χ1n) is 6.35. The maximum Gasteiger partial charge on any atom is 0.335 e. The maximum absolute atomic E-state index is 11.9. The van der Waals surface area contributed by atoms with Crippen LogP contribution in [0.5, 0.6) is 0 Å². The summed E-state index contributed by atoms with van der Waals surface area (Å²) in [5.41, 5.74) is 7.15. The van der Waals surface area contributed by atoms with Crippen LogP contribution in [-0.2, 0) is 9.53 Å². The van der Waals surface area contributed by atoms with Gasteiger partial charge in [-0.15, -0.1) is 0 Å². The molecule has 1 rings (SSSR count). The van der Waals surface area contributed by atoms with Crippen LogP contribution in [0, 0.1) is 6.92 Å². The highest BCUT2D eigenvalue weighted by Gasteiger charge is 2.15. The van der Waals surface area contributed by atoms with E-state index in [-0.39, 0.29) is 11.5 Å². The van der Waals surface area contributed by atoms with Gasteiger partial charge in [0.15, 0.2) is 0 Å². The molecule has 0 spiro atoms. The summed E-state index contributed by atoms with van der Waals surface area (Å²) in [5, 5.41) is 11.6. The van der Waals surface area contributed by atoms with Crippen LogP contribution >= 0.6 is 0 Å². The Morgan fingerprint density at radius 3 is 2.75 bits per heavy atom. The topological polar surface area (TPSA) is 102 Å². The van der Waals surface area contributed by atoms with E-state index < -0.39 is 12.0 Å². The molecule has 110 valence electrons. The van der Waals surface area contributed by atoms with E-state index in [0.29, 0.717) is 25.1 Å². The molecule has 0 aliphatic heterocycles. The second-order valence-corrected chi connectivity index (χ2v) is 4.57. The van der Waals surface area contributed by atoms with Crippen LogP contribution < -0.4 is 11.1 Å². The number of rotatable bonds is 7. The van der Waals surface area contributed by atoms with E-state index in [1.165, 1.54) is 12.1 Å². The van der Waals surface area contributed by atoms with Gasteiger partial charge in [-0.1, -0.05) is 6.07 Å². The molecule has 0 saturated heterocycles. The molecule has 1 aromatic carbocycles. The normalized spacial score (nSPS) is 11.9. The summed E-state index contributed by atoms with van der Waals surface area (Å²) in [6.45, 7) is 2.34. The molecule has 0 bridgehead atoms. The number of carboxylic acids is 1. The minimum absolute atomic E-state index is 0.124. The molecule has 6 nitrogen and oxygen atoms in total. The van der Waals surface area contributed by atoms with Crippen molar-refractivity contribution in [3.8, 4) is 0 Å². The van der Waals surface area contributed by atoms with Crippen molar-refractivity contribution in [1.29, 1.82) is 0 Å². The summed E-state index contributed by atoms with van der Waals surface area (Å²) in [6, 6.07) is 3.93. The monoisotopic (exact) mass is 280 g/mol. The number of carbonyl (C=O) groups is 2. The molecule has 1 amide bonds. The second kappa shape index (κ2) is 7.62. The Hall–Kier alpha value is -1.92. The lowest BCUT2D eigenvalue weighted by Crippen LogP contribution is -2.36. The van der Waals surface area contributed by atoms with Gasteiger partial charge >= 0.3 is 5.97 Å². The third-order valence-corrected chi connectivity index (χ3v) is 2.94. The highest BCUT2D eigenvalue weighted by atomic mass is 16.5. The van der Waals surface area contributed by atoms with Crippen LogP contribution in [0.2, 0.25) is 0 Å². The van der Waals surface area contributed by atoms with Gasteiger partial charge in [0.05, 0.1) is 11.6 Å². The quantitative estimate of drug-likeness (QED) is 0.655. The van der Waals surface area contributed by atoms with Gasteiger partial charge in [0.1, 0.15) is 0 Å². The third kappa shape index (κ3) is 4.64. The molecule has 0 fully saturated rings. The van der Waals surface area contributed by atoms with Crippen molar-refractivity contribution in [3.63, 3.8) is 0 Å². The van der Waals surface area contributed by atoms with E-state index in [2.05, 4.69) is 5.32 Å². The zero-order valence-electron chi connectivity index (χ0n) is 11.7. The number of nitrogens with two attached hydrogens (primary N) is 1. The minimum Gasteiger partial charge on any atom is -0.478 e. The first kappa shape index (κ1) is 16.1. The van der Waals surface area contributed by atoms with Crippen LogP contribution in [0.1, 0.15) is 28.8 Å². The predicted molar refractivity (Wildman–Crippen MR) is 75.9 cm³/mol. The lowest BCUT2D eigenvalue weighted by atomic mass is 10.1. The average molecular weight is 280 g/mol. The van der Waals surface area contributed by atoms with Crippen molar-refractivity contribution in [1.82, 2.24) is 0 Å². The molecular formula is C14H20N2O4. The summed E-state index contributed by atoms with van der Waals surface area (Å²) in [5.74, 6) is -1.36. The number of hydrogen-bond donors (Lipinski definition) is 3. The molecule has 0 aliphatic rings. The Morgan fingerprint density at radius 2 is 2.15 bits per heavy atom. The van der Waals surface area contributed by atoms with Crippen LogP contribution in [0.15, 0.2) is 18.2 Å². The molecule has 20 heavy (non-hydrogen) atoms.